The van der Waals surface area contributed by atoms with Crippen LogP contribution in [0.1, 0.15) is 26.0 Å². The highest BCUT2D eigenvalue weighted by Gasteiger charge is 2.37. The van der Waals surface area contributed by atoms with Gasteiger partial charge in [0.15, 0.2) is 6.29 Å². The first kappa shape index (κ1) is 15.4. The first-order valence-corrected chi connectivity index (χ1v) is 6.93. The van der Waals surface area contributed by atoms with Crippen molar-refractivity contribution in [2.45, 2.75) is 57.8 Å². The lowest BCUT2D eigenvalue weighted by Crippen LogP contribution is -2.50. The van der Waals surface area contributed by atoms with Crippen LogP contribution in [0.2, 0.25) is 0 Å². The van der Waals surface area contributed by atoms with Crippen molar-refractivity contribution in [2.24, 2.45) is 5.92 Å². The van der Waals surface area contributed by atoms with E-state index in [1.807, 2.05) is 6.20 Å². The summed E-state index contributed by atoms with van der Waals surface area (Å²) in [5.74, 6) is 0.511. The Morgan fingerprint density at radius 1 is 1.50 bits per heavy atom. The van der Waals surface area contributed by atoms with E-state index in [-0.39, 0.29) is 6.42 Å². The van der Waals surface area contributed by atoms with Crippen LogP contribution in [0.5, 0.6) is 0 Å². The molecule has 1 aliphatic heterocycles. The topological polar surface area (TPSA) is 89.6 Å². The minimum Gasteiger partial charge on any atom is -0.390 e. The zero-order valence-corrected chi connectivity index (χ0v) is 12.1. The standard InChI is InChI=1S/C13H23N3O4/c1-8(2)4-9-6-16(15-14-9)7-11-13(18)10(17)5-12(19-3)20-11/h6,8,10-13,17-18H,4-5,7H2,1-3H3/t10-,11-,12+,13+/m1/s1. The van der Waals surface area contributed by atoms with Crippen LogP contribution < -0.4 is 0 Å². The van der Waals surface area contributed by atoms with Crippen LogP contribution in [0.3, 0.4) is 0 Å². The molecule has 2 heterocycles. The number of nitrogens with zero attached hydrogens (tertiary/aromatic N) is 3. The van der Waals surface area contributed by atoms with Gasteiger partial charge in [0, 0.05) is 19.7 Å². The lowest BCUT2D eigenvalue weighted by Gasteiger charge is -2.36. The lowest BCUT2D eigenvalue weighted by molar-refractivity contribution is -0.245. The Kier molecular flexibility index (Phi) is 5.09. The van der Waals surface area contributed by atoms with Gasteiger partial charge in [-0.25, -0.2) is 4.68 Å². The molecule has 2 N–H and O–H groups in total. The van der Waals surface area contributed by atoms with Gasteiger partial charge in [0.2, 0.25) is 0 Å². The molecule has 0 spiro atoms. The summed E-state index contributed by atoms with van der Waals surface area (Å²) in [6, 6.07) is 0. The zero-order valence-electron chi connectivity index (χ0n) is 12.1. The first-order valence-electron chi connectivity index (χ1n) is 6.93. The van der Waals surface area contributed by atoms with Gasteiger partial charge in [-0.15, -0.1) is 5.10 Å². The SMILES string of the molecule is CO[C@@H]1C[C@@H](O)[C@H](O)[C@@H](Cn2cc(CC(C)C)nn2)O1. The summed E-state index contributed by atoms with van der Waals surface area (Å²) in [6.07, 6.45) is 0.117. The van der Waals surface area contributed by atoms with Gasteiger partial charge < -0.3 is 19.7 Å². The molecule has 1 aliphatic rings. The minimum atomic E-state index is -0.945. The van der Waals surface area contributed by atoms with E-state index in [0.29, 0.717) is 12.5 Å². The summed E-state index contributed by atoms with van der Waals surface area (Å²) in [6.45, 7) is 4.57. The summed E-state index contributed by atoms with van der Waals surface area (Å²) in [4.78, 5) is 0. The normalized spacial score (nSPS) is 30.9. The number of methoxy groups -OCH3 is 1. The van der Waals surface area contributed by atoms with Crippen molar-refractivity contribution in [3.05, 3.63) is 11.9 Å². The van der Waals surface area contributed by atoms with E-state index in [4.69, 9.17) is 9.47 Å². The largest absolute Gasteiger partial charge is 0.390 e. The minimum absolute atomic E-state index is 0.268. The van der Waals surface area contributed by atoms with Crippen LogP contribution in [0, 0.1) is 5.92 Å². The Morgan fingerprint density at radius 2 is 2.25 bits per heavy atom. The van der Waals surface area contributed by atoms with Crippen molar-refractivity contribution < 1.29 is 19.7 Å². The number of hydrogen-bond acceptors (Lipinski definition) is 6. The second-order valence-corrected chi connectivity index (χ2v) is 5.66. The summed E-state index contributed by atoms with van der Waals surface area (Å²) < 4.78 is 12.3. The Labute approximate surface area is 118 Å². The van der Waals surface area contributed by atoms with Gasteiger partial charge in [0.25, 0.3) is 0 Å². The molecule has 0 aromatic carbocycles. The second kappa shape index (κ2) is 6.62. The molecule has 0 radical (unpaired) electrons. The number of aromatic nitrogens is 3. The summed E-state index contributed by atoms with van der Waals surface area (Å²) >= 11 is 0. The molecule has 1 aromatic rings. The van der Waals surface area contributed by atoms with Gasteiger partial charge in [-0.1, -0.05) is 19.1 Å². The Balaban J connectivity index is 1.98. The van der Waals surface area contributed by atoms with Crippen LogP contribution in [-0.2, 0) is 22.4 Å². The first-order chi connectivity index (χ1) is 9.49. The Morgan fingerprint density at radius 3 is 2.90 bits per heavy atom. The highest BCUT2D eigenvalue weighted by molar-refractivity contribution is 4.94. The van der Waals surface area contributed by atoms with E-state index >= 15 is 0 Å². The number of ether oxygens (including phenoxy) is 2. The van der Waals surface area contributed by atoms with Crippen LogP contribution in [-0.4, -0.2) is 56.9 Å². The van der Waals surface area contributed by atoms with E-state index in [2.05, 4.69) is 24.2 Å². The predicted molar refractivity (Wildman–Crippen MR) is 70.9 cm³/mol. The van der Waals surface area contributed by atoms with Crippen molar-refractivity contribution in [3.8, 4) is 0 Å². The molecule has 0 unspecified atom stereocenters. The highest BCUT2D eigenvalue weighted by atomic mass is 16.7. The fourth-order valence-electron chi connectivity index (χ4n) is 2.34. The van der Waals surface area contributed by atoms with Gasteiger partial charge in [-0.05, 0) is 12.3 Å². The fourth-order valence-corrected chi connectivity index (χ4v) is 2.34. The summed E-state index contributed by atoms with van der Waals surface area (Å²) in [7, 11) is 1.52. The summed E-state index contributed by atoms with van der Waals surface area (Å²) in [5, 5.41) is 27.9. The molecule has 4 atom stereocenters. The number of aliphatic hydroxyl groups excluding tert-OH is 2. The maximum absolute atomic E-state index is 9.97. The van der Waals surface area contributed by atoms with E-state index in [9.17, 15) is 10.2 Å². The van der Waals surface area contributed by atoms with Crippen molar-refractivity contribution >= 4 is 0 Å². The molecule has 0 amide bonds. The molecule has 2 rings (SSSR count). The third-order valence-electron chi connectivity index (χ3n) is 3.37. The molecule has 114 valence electrons. The molecule has 7 nitrogen and oxygen atoms in total. The van der Waals surface area contributed by atoms with E-state index in [1.165, 1.54) is 7.11 Å². The molecule has 7 heteroatoms. The number of rotatable bonds is 5. The predicted octanol–water partition coefficient (Wildman–Crippen LogP) is -0.0402. The second-order valence-electron chi connectivity index (χ2n) is 5.66. The average Bonchev–Trinajstić information content (AvgIpc) is 2.81. The van der Waals surface area contributed by atoms with Crippen LogP contribution in [0.4, 0.5) is 0 Å². The molecule has 20 heavy (non-hydrogen) atoms. The van der Waals surface area contributed by atoms with Crippen molar-refractivity contribution in [2.75, 3.05) is 7.11 Å². The zero-order chi connectivity index (χ0) is 14.7. The van der Waals surface area contributed by atoms with Crippen molar-refractivity contribution in [1.29, 1.82) is 0 Å². The molecular weight excluding hydrogens is 262 g/mol. The molecule has 0 saturated carbocycles. The molecule has 1 fully saturated rings. The lowest BCUT2D eigenvalue weighted by atomic mass is 10.0. The van der Waals surface area contributed by atoms with Crippen molar-refractivity contribution in [3.63, 3.8) is 0 Å². The van der Waals surface area contributed by atoms with Gasteiger partial charge in [-0.2, -0.15) is 0 Å². The van der Waals surface area contributed by atoms with Gasteiger partial charge in [0.1, 0.15) is 12.2 Å². The maximum atomic E-state index is 9.97. The maximum Gasteiger partial charge on any atom is 0.160 e. The van der Waals surface area contributed by atoms with Crippen LogP contribution in [0.25, 0.3) is 0 Å². The van der Waals surface area contributed by atoms with Crippen LogP contribution >= 0.6 is 0 Å². The van der Waals surface area contributed by atoms with Gasteiger partial charge >= 0.3 is 0 Å². The monoisotopic (exact) mass is 285 g/mol. The molecule has 1 aromatic heterocycles. The quantitative estimate of drug-likeness (QED) is 0.789. The van der Waals surface area contributed by atoms with Gasteiger partial charge in [0.05, 0.1) is 18.3 Å². The fraction of sp³-hybridized carbons (Fsp3) is 0.846. The molecule has 0 aliphatic carbocycles. The van der Waals surface area contributed by atoms with Crippen LogP contribution in [0.15, 0.2) is 6.20 Å². The Hall–Kier alpha value is -1.02. The molecule has 0 bridgehead atoms. The molecule has 1 saturated heterocycles. The summed E-state index contributed by atoms with van der Waals surface area (Å²) in [5.41, 5.74) is 0.911. The smallest absolute Gasteiger partial charge is 0.160 e. The third kappa shape index (κ3) is 3.76. The number of hydrogen-bond donors (Lipinski definition) is 2. The van der Waals surface area contributed by atoms with Crippen molar-refractivity contribution in [1.82, 2.24) is 15.0 Å². The van der Waals surface area contributed by atoms with E-state index < -0.39 is 24.6 Å². The highest BCUT2D eigenvalue weighted by Crippen LogP contribution is 2.22. The van der Waals surface area contributed by atoms with Gasteiger partial charge in [-0.3, -0.25) is 0 Å². The molecular formula is C13H23N3O4. The van der Waals surface area contributed by atoms with E-state index in [1.54, 1.807) is 4.68 Å². The number of aliphatic hydroxyl groups is 2. The Bertz CT molecular complexity index is 424. The van der Waals surface area contributed by atoms with E-state index in [0.717, 1.165) is 12.1 Å². The third-order valence-corrected chi connectivity index (χ3v) is 3.37. The average molecular weight is 285 g/mol.